The molecule has 0 saturated heterocycles. The molecular weight excluding hydrogens is 475 g/mol. The Hall–Kier alpha value is -2.78. The van der Waals surface area contributed by atoms with Crippen LogP contribution in [0.4, 0.5) is 13.2 Å². The van der Waals surface area contributed by atoms with Crippen LogP contribution in [-0.4, -0.2) is 36.0 Å². The Balaban J connectivity index is 1.60. The summed E-state index contributed by atoms with van der Waals surface area (Å²) in [7, 11) is -4.10. The van der Waals surface area contributed by atoms with E-state index >= 15 is 0 Å². The van der Waals surface area contributed by atoms with Crippen molar-refractivity contribution < 1.29 is 21.6 Å². The lowest BCUT2D eigenvalue weighted by Gasteiger charge is -2.41. The predicted octanol–water partition coefficient (Wildman–Crippen LogP) is 5.43. The van der Waals surface area contributed by atoms with Crippen LogP contribution in [0.5, 0.6) is 0 Å². The van der Waals surface area contributed by atoms with E-state index in [0.29, 0.717) is 12.1 Å². The minimum absolute atomic E-state index is 0.0245. The van der Waals surface area contributed by atoms with Gasteiger partial charge >= 0.3 is 0 Å². The maximum Gasteiger partial charge on any atom is 0.246 e. The first-order valence-electron chi connectivity index (χ1n) is 11.6. The SMILES string of the molecule is CCN(CC12CC[C@@H](c3cc(-c4c(F)cccc4F)nnc31)C2(C)C)S(=O)(=O)c1ccccc1F. The van der Waals surface area contributed by atoms with E-state index in [1.807, 2.05) is 0 Å². The Kier molecular flexibility index (Phi) is 5.56. The number of benzene rings is 2. The lowest BCUT2D eigenvalue weighted by molar-refractivity contribution is 0.169. The van der Waals surface area contributed by atoms with Gasteiger partial charge in [0.1, 0.15) is 22.3 Å². The largest absolute Gasteiger partial charge is 0.246 e. The molecule has 1 aromatic heterocycles. The van der Waals surface area contributed by atoms with Crippen molar-refractivity contribution in [1.82, 2.24) is 14.5 Å². The number of hydrogen-bond donors (Lipinski definition) is 0. The Morgan fingerprint density at radius 3 is 2.31 bits per heavy atom. The quantitative estimate of drug-likeness (QED) is 0.452. The number of sulfonamides is 1. The Morgan fingerprint density at radius 1 is 1.00 bits per heavy atom. The molecule has 35 heavy (non-hydrogen) atoms. The fourth-order valence-corrected chi connectivity index (χ4v) is 7.68. The van der Waals surface area contributed by atoms with Gasteiger partial charge in [0, 0.05) is 18.5 Å². The van der Waals surface area contributed by atoms with Crippen LogP contribution >= 0.6 is 0 Å². The van der Waals surface area contributed by atoms with Crippen molar-refractivity contribution in [2.24, 2.45) is 5.41 Å². The minimum atomic E-state index is -4.10. The van der Waals surface area contributed by atoms with Gasteiger partial charge in [-0.25, -0.2) is 21.6 Å². The Labute approximate surface area is 203 Å². The number of likely N-dealkylation sites (N-methyl/N-ethyl adjacent to an activating group) is 1. The van der Waals surface area contributed by atoms with Crippen molar-refractivity contribution in [1.29, 1.82) is 0 Å². The second-order valence-corrected chi connectivity index (χ2v) is 11.8. The lowest BCUT2D eigenvalue weighted by Crippen LogP contribution is -2.48. The summed E-state index contributed by atoms with van der Waals surface area (Å²) in [6.07, 6.45) is 1.46. The third kappa shape index (κ3) is 3.35. The van der Waals surface area contributed by atoms with E-state index in [4.69, 9.17) is 0 Å². The van der Waals surface area contributed by atoms with Crippen LogP contribution in [0, 0.1) is 22.9 Å². The fourth-order valence-electron chi connectivity index (χ4n) is 6.10. The highest BCUT2D eigenvalue weighted by Crippen LogP contribution is 2.67. The first-order chi connectivity index (χ1) is 16.5. The maximum atomic E-state index is 14.5. The summed E-state index contributed by atoms with van der Waals surface area (Å²) in [4.78, 5) is -0.361. The molecule has 2 aliphatic carbocycles. The molecule has 2 atom stereocenters. The minimum Gasteiger partial charge on any atom is -0.207 e. The monoisotopic (exact) mass is 501 g/mol. The summed E-state index contributed by atoms with van der Waals surface area (Å²) < 4.78 is 71.5. The summed E-state index contributed by atoms with van der Waals surface area (Å²) in [5, 5.41) is 8.63. The topological polar surface area (TPSA) is 63.2 Å². The molecular formula is C26H26F3N3O2S. The highest BCUT2D eigenvalue weighted by Gasteiger charge is 2.64. The first-order valence-corrected chi connectivity index (χ1v) is 13.1. The average molecular weight is 502 g/mol. The van der Waals surface area contributed by atoms with Gasteiger partial charge in [-0.3, -0.25) is 0 Å². The Bertz CT molecular complexity index is 1410. The van der Waals surface area contributed by atoms with Crippen molar-refractivity contribution in [2.45, 2.75) is 49.8 Å². The molecule has 2 bridgehead atoms. The van der Waals surface area contributed by atoms with E-state index in [9.17, 15) is 21.6 Å². The van der Waals surface area contributed by atoms with Crippen LogP contribution in [0.15, 0.2) is 53.4 Å². The number of halogens is 3. The van der Waals surface area contributed by atoms with Crippen molar-refractivity contribution in [3.8, 4) is 11.3 Å². The standard InChI is InChI=1S/C26H26F3N3O2S/c1-4-32(35(33,34)22-11-6-5-8-18(22)27)15-26-13-12-17(25(26,2)3)16-14-21(30-31-24(16)26)23-19(28)9-7-10-20(23)29/h5-11,14,17H,4,12-13,15H2,1-3H3/t17-,26?/m0/s1. The van der Waals surface area contributed by atoms with Crippen LogP contribution in [0.25, 0.3) is 11.3 Å². The molecule has 9 heteroatoms. The van der Waals surface area contributed by atoms with Gasteiger partial charge in [-0.05, 0) is 60.1 Å². The van der Waals surface area contributed by atoms with Gasteiger partial charge in [-0.15, -0.1) is 0 Å². The zero-order chi connectivity index (χ0) is 25.2. The molecule has 1 saturated carbocycles. The van der Waals surface area contributed by atoms with E-state index in [1.165, 1.54) is 40.7 Å². The van der Waals surface area contributed by atoms with Crippen molar-refractivity contribution in [3.63, 3.8) is 0 Å². The van der Waals surface area contributed by atoms with Gasteiger partial charge in [0.05, 0.1) is 17.0 Å². The second-order valence-electron chi connectivity index (χ2n) is 9.89. The van der Waals surface area contributed by atoms with E-state index in [-0.39, 0.29) is 35.2 Å². The molecule has 3 aromatic rings. The average Bonchev–Trinajstić information content (AvgIpc) is 3.17. The predicted molar refractivity (Wildman–Crippen MR) is 126 cm³/mol. The molecule has 5 rings (SSSR count). The molecule has 5 nitrogen and oxygen atoms in total. The highest BCUT2D eigenvalue weighted by atomic mass is 32.2. The molecule has 0 spiro atoms. The van der Waals surface area contributed by atoms with E-state index in [2.05, 4.69) is 24.0 Å². The summed E-state index contributed by atoms with van der Waals surface area (Å²) in [5.41, 5.74) is 0.323. The van der Waals surface area contributed by atoms with Gasteiger partial charge in [0.2, 0.25) is 10.0 Å². The zero-order valence-electron chi connectivity index (χ0n) is 19.7. The van der Waals surface area contributed by atoms with Gasteiger partial charge in [-0.2, -0.15) is 14.5 Å². The van der Waals surface area contributed by atoms with Crippen molar-refractivity contribution in [2.75, 3.05) is 13.1 Å². The smallest absolute Gasteiger partial charge is 0.207 e. The Morgan fingerprint density at radius 2 is 1.66 bits per heavy atom. The number of rotatable bonds is 6. The van der Waals surface area contributed by atoms with Crippen LogP contribution < -0.4 is 0 Å². The van der Waals surface area contributed by atoms with E-state index < -0.39 is 38.3 Å². The van der Waals surface area contributed by atoms with Crippen molar-refractivity contribution >= 4 is 10.0 Å². The van der Waals surface area contributed by atoms with Gasteiger partial charge in [-0.1, -0.05) is 39.0 Å². The molecule has 0 N–H and O–H groups in total. The molecule has 2 aliphatic rings. The molecule has 1 fully saturated rings. The molecule has 0 amide bonds. The molecule has 184 valence electrons. The molecule has 1 heterocycles. The third-order valence-electron chi connectivity index (χ3n) is 8.09. The molecule has 2 aromatic carbocycles. The highest BCUT2D eigenvalue weighted by molar-refractivity contribution is 7.89. The molecule has 0 radical (unpaired) electrons. The van der Waals surface area contributed by atoms with E-state index in [1.54, 1.807) is 13.0 Å². The zero-order valence-corrected chi connectivity index (χ0v) is 20.5. The van der Waals surface area contributed by atoms with Crippen LogP contribution in [0.1, 0.15) is 50.8 Å². The molecule has 0 aliphatic heterocycles. The van der Waals surface area contributed by atoms with E-state index in [0.717, 1.165) is 18.1 Å². The number of nitrogens with zero attached hydrogens (tertiary/aromatic N) is 3. The summed E-state index contributed by atoms with van der Waals surface area (Å²) in [5.74, 6) is -2.21. The van der Waals surface area contributed by atoms with Crippen LogP contribution in [0.3, 0.4) is 0 Å². The summed E-state index contributed by atoms with van der Waals surface area (Å²) >= 11 is 0. The molecule has 1 unspecified atom stereocenters. The summed E-state index contributed by atoms with van der Waals surface area (Å²) in [6.45, 7) is 6.12. The fraction of sp³-hybridized carbons (Fsp3) is 0.385. The number of hydrogen-bond acceptors (Lipinski definition) is 4. The second kappa shape index (κ2) is 8.13. The normalized spacial score (nSPS) is 22.5. The van der Waals surface area contributed by atoms with Gasteiger partial charge < -0.3 is 0 Å². The van der Waals surface area contributed by atoms with Gasteiger partial charge in [0.25, 0.3) is 0 Å². The lowest BCUT2D eigenvalue weighted by atomic mass is 9.68. The number of aromatic nitrogens is 2. The number of fused-ring (bicyclic) bond motifs is 5. The third-order valence-corrected chi connectivity index (χ3v) is 10.0. The van der Waals surface area contributed by atoms with Crippen LogP contribution in [-0.2, 0) is 15.4 Å². The first kappa shape index (κ1) is 23.9. The van der Waals surface area contributed by atoms with Crippen molar-refractivity contribution in [3.05, 3.63) is 77.2 Å². The maximum absolute atomic E-state index is 14.5. The summed E-state index contributed by atoms with van der Waals surface area (Å²) in [6, 6.07) is 10.7. The van der Waals surface area contributed by atoms with Crippen LogP contribution in [0.2, 0.25) is 0 Å². The van der Waals surface area contributed by atoms with Gasteiger partial charge in [0.15, 0.2) is 0 Å².